The van der Waals surface area contributed by atoms with Gasteiger partial charge in [-0.05, 0) is 36.1 Å². The van der Waals surface area contributed by atoms with Gasteiger partial charge in [0, 0.05) is 10.8 Å². The van der Waals surface area contributed by atoms with E-state index in [2.05, 4.69) is 162 Å². The van der Waals surface area contributed by atoms with Crippen LogP contribution >= 0.6 is 23.2 Å². The maximum atomic E-state index is 5.84. The van der Waals surface area contributed by atoms with Crippen LogP contribution in [0, 0.1) is 17.4 Å². The molecule has 0 amide bonds. The van der Waals surface area contributed by atoms with Crippen molar-refractivity contribution >= 4 is 63.3 Å². The number of halogens is 4. The zero-order valence-corrected chi connectivity index (χ0v) is 39.2. The third-order valence-corrected chi connectivity index (χ3v) is 13.7. The first-order valence-electron chi connectivity index (χ1n) is 18.8. The summed E-state index contributed by atoms with van der Waals surface area (Å²) in [6, 6.07) is 28.0. The number of hydrogen-bond acceptors (Lipinski definition) is 0. The molecule has 8 rings (SSSR count). The monoisotopic (exact) mass is 882 g/mol. The molecule has 5 aromatic rings. The molecule has 0 radical (unpaired) electrons. The number of rotatable bonds is 3. The number of benzene rings is 4. The Morgan fingerprint density at radius 3 is 1.47 bits per heavy atom. The first-order valence-corrected chi connectivity index (χ1v) is 22.4. The molecule has 1 atom stereocenters. The van der Waals surface area contributed by atoms with Gasteiger partial charge in [-0.15, -0.1) is 39.7 Å². The molecule has 55 heavy (non-hydrogen) atoms. The maximum Gasteiger partial charge on any atom is -1.00 e. The summed E-state index contributed by atoms with van der Waals surface area (Å²) >= 11 is 11.0. The van der Waals surface area contributed by atoms with Crippen molar-refractivity contribution in [1.29, 1.82) is 0 Å². The summed E-state index contributed by atoms with van der Waals surface area (Å²) in [6.07, 6.45) is 13.8. The average Bonchev–Trinajstić information content (AvgIpc) is 3.83. The number of allylic oxidation sites excluding steroid dienone is 8. The van der Waals surface area contributed by atoms with Gasteiger partial charge in [0.1, 0.15) is 0 Å². The van der Waals surface area contributed by atoms with E-state index in [1.807, 2.05) is 24.3 Å². The van der Waals surface area contributed by atoms with E-state index in [0.717, 1.165) is 10.0 Å². The Hall–Kier alpha value is -2.51. The van der Waals surface area contributed by atoms with Crippen LogP contribution in [0.5, 0.6) is 0 Å². The van der Waals surface area contributed by atoms with E-state index in [0.29, 0.717) is 11.3 Å². The summed E-state index contributed by atoms with van der Waals surface area (Å²) in [4.78, 5) is 0. The molecular formula is C50H52Cl4Zr-4. The molecule has 5 aromatic carbocycles. The van der Waals surface area contributed by atoms with Gasteiger partial charge in [0.15, 0.2) is 0 Å². The second-order valence-electron chi connectivity index (χ2n) is 17.0. The van der Waals surface area contributed by atoms with Crippen LogP contribution in [0.1, 0.15) is 109 Å². The third kappa shape index (κ3) is 10.3. The Morgan fingerprint density at radius 2 is 1.13 bits per heavy atom. The number of fused-ring (bicyclic) bond motifs is 5. The minimum absolute atomic E-state index is 0. The van der Waals surface area contributed by atoms with E-state index in [-0.39, 0.29) is 35.6 Å². The molecule has 0 fully saturated rings. The largest absolute Gasteiger partial charge is 1.00 e. The van der Waals surface area contributed by atoms with Crippen LogP contribution in [-0.2, 0) is 33.1 Å². The summed E-state index contributed by atoms with van der Waals surface area (Å²) in [7, 11) is 0. The predicted octanol–water partition coefficient (Wildman–Crippen LogP) is 8.54. The summed E-state index contributed by atoms with van der Waals surface area (Å²) in [5, 5.41) is 7.14. The van der Waals surface area contributed by atoms with Gasteiger partial charge in [-0.3, -0.25) is 6.08 Å². The molecule has 0 saturated carbocycles. The summed E-state index contributed by atoms with van der Waals surface area (Å²) in [5.41, 5.74) is 13.1. The molecule has 5 heteroatoms. The van der Waals surface area contributed by atoms with Crippen molar-refractivity contribution in [2.24, 2.45) is 11.3 Å². The van der Waals surface area contributed by atoms with Crippen molar-refractivity contribution in [2.75, 3.05) is 0 Å². The van der Waals surface area contributed by atoms with Crippen LogP contribution in [0.2, 0.25) is 10.0 Å². The van der Waals surface area contributed by atoms with Crippen LogP contribution in [0.15, 0.2) is 109 Å². The molecular weight excluding hydrogens is 834 g/mol. The van der Waals surface area contributed by atoms with E-state index >= 15 is 0 Å². The molecule has 0 N–H and O–H groups in total. The smallest absolute Gasteiger partial charge is 1.00 e. The Labute approximate surface area is 363 Å². The molecule has 0 heterocycles. The van der Waals surface area contributed by atoms with Crippen molar-refractivity contribution in [3.05, 3.63) is 158 Å². The first kappa shape index (κ1) is 45.2. The Morgan fingerprint density at radius 1 is 0.709 bits per heavy atom. The van der Waals surface area contributed by atoms with Gasteiger partial charge in [0.2, 0.25) is 0 Å². The second-order valence-corrected chi connectivity index (χ2v) is 20.1. The zero-order chi connectivity index (χ0) is 38.3. The van der Waals surface area contributed by atoms with Gasteiger partial charge in [0.05, 0.1) is 0 Å². The first-order chi connectivity index (χ1) is 24.9. The molecule has 0 spiro atoms. The molecule has 0 nitrogen and oxygen atoms in total. The predicted molar refractivity (Wildman–Crippen MR) is 233 cm³/mol. The fraction of sp³-hybridized carbons (Fsp3) is 0.300. The molecule has 0 bridgehead atoms. The zero-order valence-electron chi connectivity index (χ0n) is 33.8. The summed E-state index contributed by atoms with van der Waals surface area (Å²) in [5.74, 6) is 0.573. The normalized spacial score (nSPS) is 16.8. The van der Waals surface area contributed by atoms with E-state index < -0.39 is 22.3 Å². The van der Waals surface area contributed by atoms with Crippen molar-refractivity contribution in [2.45, 2.75) is 86.5 Å². The van der Waals surface area contributed by atoms with Crippen LogP contribution in [0.4, 0.5) is 0 Å². The van der Waals surface area contributed by atoms with Gasteiger partial charge in [0.25, 0.3) is 0 Å². The van der Waals surface area contributed by atoms with Crippen molar-refractivity contribution in [3.63, 3.8) is 0 Å². The minimum Gasteiger partial charge on any atom is -1.00 e. The third-order valence-electron chi connectivity index (χ3n) is 10.8. The maximum absolute atomic E-state index is 5.84. The van der Waals surface area contributed by atoms with Gasteiger partial charge < -0.3 is 24.8 Å². The van der Waals surface area contributed by atoms with Gasteiger partial charge in [-0.25, -0.2) is 6.08 Å². The molecule has 288 valence electrons. The Balaban J connectivity index is 0.000000196. The molecule has 1 unspecified atom stereocenters. The summed E-state index contributed by atoms with van der Waals surface area (Å²) in [6.45, 7) is 22.7. The molecule has 3 aliphatic carbocycles. The van der Waals surface area contributed by atoms with Crippen LogP contribution in [0.3, 0.4) is 0 Å². The van der Waals surface area contributed by atoms with E-state index in [1.54, 1.807) is 0 Å². The Bertz CT molecular complexity index is 2220. The average molecular weight is 886 g/mol. The van der Waals surface area contributed by atoms with E-state index in [9.17, 15) is 0 Å². The SMILES string of the molecule is CC1=CC(C)(C)c2cc3[cH-]c4cc5c(cc4c3cc21)C(C)=CC5(C)C.CCC1[C-]=CC(C(C)(C)C)=C1.Clc1ccc([CH]=[Zr]=[CH]c2ccc(Cl)cc2)cc1.[Cl-].[Cl-]. The Kier molecular flexibility index (Phi) is 14.8. The quantitative estimate of drug-likeness (QED) is 0.160. The van der Waals surface area contributed by atoms with Crippen LogP contribution in [-0.4, -0.2) is 7.42 Å². The topological polar surface area (TPSA) is 0 Å². The van der Waals surface area contributed by atoms with Crippen LogP contribution < -0.4 is 24.8 Å². The van der Waals surface area contributed by atoms with Gasteiger partial charge in [-0.1, -0.05) is 109 Å². The van der Waals surface area contributed by atoms with Crippen molar-refractivity contribution in [3.8, 4) is 0 Å². The fourth-order valence-corrected chi connectivity index (χ4v) is 10.1. The molecule has 0 saturated heterocycles. The van der Waals surface area contributed by atoms with Gasteiger partial charge in [-0.2, -0.15) is 11.6 Å². The second kappa shape index (κ2) is 18.0. The van der Waals surface area contributed by atoms with Crippen molar-refractivity contribution in [1.82, 2.24) is 0 Å². The van der Waals surface area contributed by atoms with Crippen molar-refractivity contribution < 1.29 is 47.1 Å². The molecule has 0 aliphatic heterocycles. The molecule has 0 aromatic heterocycles. The minimum atomic E-state index is -0.623. The number of hydrogen-bond donors (Lipinski definition) is 0. The van der Waals surface area contributed by atoms with E-state index in [1.165, 1.54) is 78.1 Å². The summed E-state index contributed by atoms with van der Waals surface area (Å²) < 4.78 is 4.66. The van der Waals surface area contributed by atoms with Gasteiger partial charge >= 0.3 is 123 Å². The molecule has 3 aliphatic rings. The fourth-order valence-electron chi connectivity index (χ4n) is 7.78. The van der Waals surface area contributed by atoms with Crippen LogP contribution in [0.25, 0.3) is 32.7 Å². The standard InChI is InChI=1S/C25H25.C11H17.2C7H5Cl.2ClH.Zr/c1-14-12-24(3,4)22-8-16-7-17-9-23-19(15(2)13-25(23,5)6)11-21(17)20(16)10-18(14)22;1-5-9-6-7-10(8-9)11(2,3)4;2*1-6-2-4-7(8)5-3-6;;;/h7-13H,1-6H3;7-9H,5H2,1-4H3;2*1-5H;2*1H;/q2*-1;;;;;/p-2. The van der Waals surface area contributed by atoms with E-state index in [4.69, 9.17) is 23.2 Å².